The number of anilines is 1. The van der Waals surface area contributed by atoms with Gasteiger partial charge >= 0.3 is 0 Å². The van der Waals surface area contributed by atoms with E-state index >= 15 is 0 Å². The lowest BCUT2D eigenvalue weighted by molar-refractivity contribution is -0.118. The number of hydrogen-bond donors (Lipinski definition) is 0. The number of thiazole rings is 1. The number of nitrogens with zero attached hydrogens (tertiary/aromatic N) is 3. The van der Waals surface area contributed by atoms with Crippen LogP contribution in [0.3, 0.4) is 0 Å². The number of sulfone groups is 1. The normalized spacial score (nSPS) is 11.6. The molecule has 2 aromatic carbocycles. The minimum absolute atomic E-state index is 0.0424. The maximum absolute atomic E-state index is 13.4. The Morgan fingerprint density at radius 1 is 1.03 bits per heavy atom. The third-order valence-electron chi connectivity index (χ3n) is 5.61. The smallest absolute Gasteiger partial charge is 0.233 e. The van der Waals surface area contributed by atoms with E-state index in [1.54, 1.807) is 48.5 Å². The molecular formula is C25H25N3O3S2. The number of aryl methyl sites for hydroxylation is 2. The van der Waals surface area contributed by atoms with Crippen LogP contribution in [-0.4, -0.2) is 30.0 Å². The Morgan fingerprint density at radius 3 is 2.42 bits per heavy atom. The number of hydrogen-bond acceptors (Lipinski definition) is 6. The van der Waals surface area contributed by atoms with Crippen LogP contribution in [0.25, 0.3) is 10.2 Å². The largest absolute Gasteiger partial charge is 0.283 e. The number of amides is 1. The molecule has 0 bridgehead atoms. The minimum Gasteiger partial charge on any atom is -0.283 e. The van der Waals surface area contributed by atoms with Crippen molar-refractivity contribution in [3.05, 3.63) is 83.2 Å². The molecule has 4 rings (SSSR count). The summed E-state index contributed by atoms with van der Waals surface area (Å²) in [7, 11) is -3.28. The van der Waals surface area contributed by atoms with Gasteiger partial charge in [-0.2, -0.15) is 0 Å². The van der Waals surface area contributed by atoms with Gasteiger partial charge in [0, 0.05) is 12.4 Å². The average molecular weight is 480 g/mol. The average Bonchev–Trinajstić information content (AvgIpc) is 3.21. The van der Waals surface area contributed by atoms with E-state index in [1.807, 2.05) is 18.2 Å². The first-order chi connectivity index (χ1) is 15.8. The zero-order valence-corrected chi connectivity index (χ0v) is 20.4. The van der Waals surface area contributed by atoms with Crippen LogP contribution in [0.4, 0.5) is 5.13 Å². The minimum atomic E-state index is -3.28. The fraction of sp³-hybridized carbons (Fsp3) is 0.240. The maximum Gasteiger partial charge on any atom is 0.233 e. The highest BCUT2D eigenvalue weighted by Crippen LogP contribution is 2.32. The first-order valence-electron chi connectivity index (χ1n) is 10.7. The molecule has 0 aliphatic rings. The molecule has 6 nitrogen and oxygen atoms in total. The first-order valence-corrected chi connectivity index (χ1v) is 13.1. The van der Waals surface area contributed by atoms with Crippen molar-refractivity contribution in [2.45, 2.75) is 38.6 Å². The molecule has 0 saturated heterocycles. The van der Waals surface area contributed by atoms with Crippen LogP contribution >= 0.6 is 11.3 Å². The lowest BCUT2D eigenvalue weighted by Crippen LogP contribution is -2.31. The predicted octanol–water partition coefficient (Wildman–Crippen LogP) is 4.88. The van der Waals surface area contributed by atoms with Crippen molar-refractivity contribution in [3.63, 3.8) is 0 Å². The zero-order chi connectivity index (χ0) is 23.6. The van der Waals surface area contributed by atoms with Crippen molar-refractivity contribution in [3.8, 4) is 0 Å². The molecule has 33 heavy (non-hydrogen) atoms. The highest BCUT2D eigenvalue weighted by atomic mass is 32.2. The molecule has 0 saturated carbocycles. The summed E-state index contributed by atoms with van der Waals surface area (Å²) < 4.78 is 25.2. The molecule has 2 aromatic heterocycles. The van der Waals surface area contributed by atoms with Crippen molar-refractivity contribution < 1.29 is 13.2 Å². The molecule has 0 aliphatic carbocycles. The van der Waals surface area contributed by atoms with Gasteiger partial charge in [-0.1, -0.05) is 36.5 Å². The quantitative estimate of drug-likeness (QED) is 0.377. The monoisotopic (exact) mass is 479 g/mol. The van der Waals surface area contributed by atoms with Crippen LogP contribution < -0.4 is 4.90 Å². The molecule has 170 valence electrons. The Balaban J connectivity index is 1.65. The molecule has 0 N–H and O–H groups in total. The third-order valence-corrected chi connectivity index (χ3v) is 8.40. The van der Waals surface area contributed by atoms with Gasteiger partial charge < -0.3 is 0 Å². The fourth-order valence-corrected chi connectivity index (χ4v) is 5.42. The predicted molar refractivity (Wildman–Crippen MR) is 132 cm³/mol. The molecule has 0 aliphatic heterocycles. The van der Waals surface area contributed by atoms with Crippen LogP contribution in [0, 0.1) is 13.8 Å². The van der Waals surface area contributed by atoms with Crippen LogP contribution in [0.2, 0.25) is 0 Å². The number of rotatable bonds is 7. The molecule has 2 heterocycles. The Labute approximate surface area is 197 Å². The standard InChI is InChI=1S/C25H25N3O3S2/c1-4-33(30,31)21-9-7-19(8-10-21)14-24(29)28(16-20-6-5-11-26-15-20)25-27-22-12-17(2)18(3)13-23(22)32-25/h5-13,15H,4,14,16H2,1-3H3. The lowest BCUT2D eigenvalue weighted by Gasteiger charge is -2.20. The lowest BCUT2D eigenvalue weighted by atomic mass is 10.1. The van der Waals surface area contributed by atoms with Gasteiger partial charge in [-0.25, -0.2) is 13.4 Å². The van der Waals surface area contributed by atoms with E-state index < -0.39 is 9.84 Å². The molecule has 8 heteroatoms. The topological polar surface area (TPSA) is 80.2 Å². The van der Waals surface area contributed by atoms with Gasteiger partial charge in [-0.3, -0.25) is 14.7 Å². The second-order valence-electron chi connectivity index (χ2n) is 7.97. The number of fused-ring (bicyclic) bond motifs is 1. The van der Waals surface area contributed by atoms with E-state index in [0.29, 0.717) is 11.7 Å². The van der Waals surface area contributed by atoms with Crippen molar-refractivity contribution >= 4 is 42.4 Å². The SMILES string of the molecule is CCS(=O)(=O)c1ccc(CC(=O)N(Cc2cccnc2)c2nc3cc(C)c(C)cc3s2)cc1. The van der Waals surface area contributed by atoms with E-state index in [2.05, 4.69) is 24.9 Å². The summed E-state index contributed by atoms with van der Waals surface area (Å²) in [4.78, 5) is 24.3. The Morgan fingerprint density at radius 2 is 1.76 bits per heavy atom. The summed E-state index contributed by atoms with van der Waals surface area (Å²) in [6.07, 6.45) is 3.58. The van der Waals surface area contributed by atoms with Crippen molar-refractivity contribution in [1.29, 1.82) is 0 Å². The molecule has 0 atom stereocenters. The summed E-state index contributed by atoms with van der Waals surface area (Å²) in [6, 6.07) is 14.5. The second-order valence-corrected chi connectivity index (χ2v) is 11.3. The van der Waals surface area contributed by atoms with Gasteiger partial charge in [0.2, 0.25) is 5.91 Å². The molecule has 0 fully saturated rings. The highest BCUT2D eigenvalue weighted by molar-refractivity contribution is 7.91. The summed E-state index contributed by atoms with van der Waals surface area (Å²) in [6.45, 7) is 6.08. The zero-order valence-electron chi connectivity index (χ0n) is 18.8. The number of aromatic nitrogens is 2. The number of carbonyl (C=O) groups is 1. The van der Waals surface area contributed by atoms with Gasteiger partial charge in [0.15, 0.2) is 15.0 Å². The third kappa shape index (κ3) is 5.12. The Kier molecular flexibility index (Phi) is 6.58. The Hall–Kier alpha value is -3.10. The van der Waals surface area contributed by atoms with Crippen molar-refractivity contribution in [2.24, 2.45) is 0 Å². The molecular weight excluding hydrogens is 454 g/mol. The number of benzene rings is 2. The van der Waals surface area contributed by atoms with Crippen LogP contribution in [0.1, 0.15) is 29.2 Å². The molecule has 1 amide bonds. The van der Waals surface area contributed by atoms with E-state index in [-0.39, 0.29) is 23.0 Å². The molecule has 0 spiro atoms. The number of pyridine rings is 1. The second kappa shape index (κ2) is 9.41. The van der Waals surface area contributed by atoms with Crippen LogP contribution in [0.15, 0.2) is 65.8 Å². The Bertz CT molecular complexity index is 1360. The number of carbonyl (C=O) groups excluding carboxylic acids is 1. The van der Waals surface area contributed by atoms with Crippen LogP contribution in [-0.2, 0) is 27.6 Å². The van der Waals surface area contributed by atoms with Crippen LogP contribution in [0.5, 0.6) is 0 Å². The summed E-state index contributed by atoms with van der Waals surface area (Å²) in [5.74, 6) is -0.0711. The van der Waals surface area contributed by atoms with E-state index in [0.717, 1.165) is 26.9 Å². The maximum atomic E-state index is 13.4. The summed E-state index contributed by atoms with van der Waals surface area (Å²) in [5.41, 5.74) is 4.87. The molecule has 0 unspecified atom stereocenters. The van der Waals surface area contributed by atoms with Crippen molar-refractivity contribution in [1.82, 2.24) is 9.97 Å². The van der Waals surface area contributed by atoms with E-state index in [4.69, 9.17) is 4.98 Å². The van der Waals surface area contributed by atoms with Gasteiger partial charge in [0.05, 0.1) is 33.8 Å². The molecule has 4 aromatic rings. The first kappa shape index (κ1) is 23.1. The van der Waals surface area contributed by atoms with Gasteiger partial charge in [0.25, 0.3) is 0 Å². The van der Waals surface area contributed by atoms with E-state index in [1.165, 1.54) is 16.9 Å². The summed E-state index contributed by atoms with van der Waals surface area (Å²) >= 11 is 1.49. The molecule has 0 radical (unpaired) electrons. The van der Waals surface area contributed by atoms with Crippen molar-refractivity contribution in [2.75, 3.05) is 10.7 Å². The highest BCUT2D eigenvalue weighted by Gasteiger charge is 2.21. The van der Waals surface area contributed by atoms with E-state index in [9.17, 15) is 13.2 Å². The fourth-order valence-electron chi connectivity index (χ4n) is 3.47. The van der Waals surface area contributed by atoms with Gasteiger partial charge in [0.1, 0.15) is 0 Å². The van der Waals surface area contributed by atoms with Gasteiger partial charge in [-0.15, -0.1) is 0 Å². The van der Waals surface area contributed by atoms with Gasteiger partial charge in [-0.05, 0) is 66.4 Å². The summed E-state index contributed by atoms with van der Waals surface area (Å²) in [5, 5.41) is 0.633.